The van der Waals surface area contributed by atoms with E-state index in [2.05, 4.69) is 20.9 Å². The van der Waals surface area contributed by atoms with Crippen LogP contribution in [0, 0.1) is 0 Å². The average Bonchev–Trinajstić information content (AvgIpc) is 2.19. The lowest BCUT2D eigenvalue weighted by molar-refractivity contribution is 0.0691. The molecule has 15 heavy (non-hydrogen) atoms. The normalized spacial score (nSPS) is 10.5. The topological polar surface area (TPSA) is 76.2 Å². The Labute approximate surface area is 93.9 Å². The number of hydrogen-bond acceptors (Lipinski definition) is 3. The molecule has 2 rings (SSSR count). The monoisotopic (exact) mass is 266 g/mol. The SMILES string of the molecule is Nc1cc(C(=O)O)nc2c(Br)cccc12. The molecule has 1 aromatic carbocycles. The summed E-state index contributed by atoms with van der Waals surface area (Å²) in [6.07, 6.45) is 0. The number of para-hydroxylation sites is 1. The number of rotatable bonds is 1. The smallest absolute Gasteiger partial charge is 0.354 e. The second-order valence-electron chi connectivity index (χ2n) is 3.04. The highest BCUT2D eigenvalue weighted by molar-refractivity contribution is 9.10. The maximum atomic E-state index is 10.8. The molecular weight excluding hydrogens is 260 g/mol. The highest BCUT2D eigenvalue weighted by Gasteiger charge is 2.10. The number of carboxylic acid groups (broad SMARTS) is 1. The molecule has 0 aliphatic rings. The van der Waals surface area contributed by atoms with E-state index in [1.54, 1.807) is 12.1 Å². The van der Waals surface area contributed by atoms with Crippen molar-refractivity contribution in [1.82, 2.24) is 4.98 Å². The van der Waals surface area contributed by atoms with Gasteiger partial charge in [-0.3, -0.25) is 0 Å². The van der Waals surface area contributed by atoms with Gasteiger partial charge in [0, 0.05) is 15.5 Å². The number of aromatic carboxylic acids is 1. The third-order valence-electron chi connectivity index (χ3n) is 2.04. The number of nitrogens with zero attached hydrogens (tertiary/aromatic N) is 1. The Hall–Kier alpha value is -1.62. The van der Waals surface area contributed by atoms with Crippen molar-refractivity contribution in [3.8, 4) is 0 Å². The second-order valence-corrected chi connectivity index (χ2v) is 3.89. The van der Waals surface area contributed by atoms with E-state index in [4.69, 9.17) is 10.8 Å². The lowest BCUT2D eigenvalue weighted by atomic mass is 10.1. The van der Waals surface area contributed by atoms with Crippen LogP contribution in [0.2, 0.25) is 0 Å². The number of hydrogen-bond donors (Lipinski definition) is 2. The van der Waals surface area contributed by atoms with E-state index in [0.29, 0.717) is 11.2 Å². The van der Waals surface area contributed by atoms with Gasteiger partial charge in [-0.25, -0.2) is 9.78 Å². The number of anilines is 1. The number of pyridine rings is 1. The van der Waals surface area contributed by atoms with E-state index in [9.17, 15) is 4.79 Å². The van der Waals surface area contributed by atoms with Crippen LogP contribution in [0.15, 0.2) is 28.7 Å². The molecule has 0 aliphatic carbocycles. The summed E-state index contributed by atoms with van der Waals surface area (Å²) in [5.41, 5.74) is 6.67. The van der Waals surface area contributed by atoms with Gasteiger partial charge in [0.15, 0.2) is 5.69 Å². The molecule has 0 fully saturated rings. The first kappa shape index (κ1) is 9.92. The fourth-order valence-corrected chi connectivity index (χ4v) is 1.80. The zero-order valence-electron chi connectivity index (χ0n) is 7.57. The molecule has 0 radical (unpaired) electrons. The van der Waals surface area contributed by atoms with Gasteiger partial charge in [0.05, 0.1) is 5.52 Å². The zero-order chi connectivity index (χ0) is 11.0. The Bertz CT molecular complexity index is 554. The fraction of sp³-hybridized carbons (Fsp3) is 0. The molecule has 4 nitrogen and oxygen atoms in total. The molecule has 0 atom stereocenters. The number of nitrogen functional groups attached to an aromatic ring is 1. The van der Waals surface area contributed by atoms with Crippen LogP contribution >= 0.6 is 15.9 Å². The Morgan fingerprint density at radius 3 is 2.87 bits per heavy atom. The summed E-state index contributed by atoms with van der Waals surface area (Å²) in [4.78, 5) is 14.8. The molecule has 2 aromatic rings. The van der Waals surface area contributed by atoms with E-state index in [0.717, 1.165) is 9.86 Å². The number of benzene rings is 1. The lowest BCUT2D eigenvalue weighted by Gasteiger charge is -2.04. The van der Waals surface area contributed by atoms with Gasteiger partial charge < -0.3 is 10.8 Å². The summed E-state index contributed by atoms with van der Waals surface area (Å²) in [5.74, 6) is -1.08. The van der Waals surface area contributed by atoms with Crippen molar-refractivity contribution in [2.45, 2.75) is 0 Å². The Balaban J connectivity index is 2.85. The van der Waals surface area contributed by atoms with Gasteiger partial charge in [-0.2, -0.15) is 0 Å². The van der Waals surface area contributed by atoms with Crippen LogP contribution in [0.4, 0.5) is 5.69 Å². The van der Waals surface area contributed by atoms with Gasteiger partial charge in [-0.15, -0.1) is 0 Å². The third-order valence-corrected chi connectivity index (χ3v) is 2.68. The Kier molecular flexibility index (Phi) is 2.32. The van der Waals surface area contributed by atoms with Gasteiger partial charge in [0.1, 0.15) is 0 Å². The van der Waals surface area contributed by atoms with Crippen molar-refractivity contribution in [2.24, 2.45) is 0 Å². The van der Waals surface area contributed by atoms with Gasteiger partial charge >= 0.3 is 5.97 Å². The fourth-order valence-electron chi connectivity index (χ4n) is 1.35. The minimum absolute atomic E-state index is 0.0492. The maximum Gasteiger partial charge on any atom is 0.354 e. The van der Waals surface area contributed by atoms with Crippen molar-refractivity contribution >= 4 is 38.5 Å². The Morgan fingerprint density at radius 1 is 1.47 bits per heavy atom. The van der Waals surface area contributed by atoms with Gasteiger partial charge in [-0.05, 0) is 28.1 Å². The predicted molar refractivity (Wildman–Crippen MR) is 60.8 cm³/mol. The number of carboxylic acids is 1. The summed E-state index contributed by atoms with van der Waals surface area (Å²) < 4.78 is 0.731. The summed E-state index contributed by atoms with van der Waals surface area (Å²) in [6.45, 7) is 0. The van der Waals surface area contributed by atoms with Crippen molar-refractivity contribution in [2.75, 3.05) is 5.73 Å². The molecule has 0 spiro atoms. The van der Waals surface area contributed by atoms with E-state index < -0.39 is 5.97 Å². The van der Waals surface area contributed by atoms with Crippen molar-refractivity contribution in [1.29, 1.82) is 0 Å². The Morgan fingerprint density at radius 2 is 2.20 bits per heavy atom. The molecule has 0 unspecified atom stereocenters. The first-order valence-corrected chi connectivity index (χ1v) is 4.97. The van der Waals surface area contributed by atoms with Crippen LogP contribution in [0.1, 0.15) is 10.5 Å². The summed E-state index contributed by atoms with van der Waals surface area (Å²) in [7, 11) is 0. The molecule has 1 heterocycles. The highest BCUT2D eigenvalue weighted by Crippen LogP contribution is 2.26. The van der Waals surface area contributed by atoms with Gasteiger partial charge in [0.2, 0.25) is 0 Å². The first-order chi connectivity index (χ1) is 7.09. The molecule has 0 aliphatic heterocycles. The molecule has 3 N–H and O–H groups in total. The molecule has 0 bridgehead atoms. The quantitative estimate of drug-likeness (QED) is 0.831. The molecule has 0 saturated heterocycles. The number of carbonyl (C=O) groups is 1. The maximum absolute atomic E-state index is 10.8. The highest BCUT2D eigenvalue weighted by atomic mass is 79.9. The molecular formula is C10H7BrN2O2. The van der Waals surface area contributed by atoms with Gasteiger partial charge in [0.25, 0.3) is 0 Å². The number of nitrogens with two attached hydrogens (primary N) is 1. The molecule has 0 saturated carbocycles. The van der Waals surface area contributed by atoms with Crippen LogP contribution in [-0.2, 0) is 0 Å². The first-order valence-electron chi connectivity index (χ1n) is 4.17. The van der Waals surface area contributed by atoms with E-state index in [1.807, 2.05) is 6.07 Å². The molecule has 1 aromatic heterocycles. The zero-order valence-corrected chi connectivity index (χ0v) is 9.15. The lowest BCUT2D eigenvalue weighted by Crippen LogP contribution is -2.02. The van der Waals surface area contributed by atoms with E-state index in [1.165, 1.54) is 6.07 Å². The molecule has 76 valence electrons. The number of halogens is 1. The van der Waals surface area contributed by atoms with Crippen molar-refractivity contribution < 1.29 is 9.90 Å². The van der Waals surface area contributed by atoms with Crippen LogP contribution in [0.3, 0.4) is 0 Å². The van der Waals surface area contributed by atoms with E-state index in [-0.39, 0.29) is 5.69 Å². The average molecular weight is 267 g/mol. The third kappa shape index (κ3) is 1.66. The minimum atomic E-state index is -1.08. The van der Waals surface area contributed by atoms with Crippen molar-refractivity contribution in [3.05, 3.63) is 34.4 Å². The number of aromatic nitrogens is 1. The van der Waals surface area contributed by atoms with Crippen LogP contribution < -0.4 is 5.73 Å². The summed E-state index contributed by atoms with van der Waals surface area (Å²) >= 11 is 3.30. The number of fused-ring (bicyclic) bond motifs is 1. The standard InChI is InChI=1S/C10H7BrN2O2/c11-6-3-1-2-5-7(12)4-8(10(14)15)13-9(5)6/h1-4H,(H2,12,13)(H,14,15). The second kappa shape index (κ2) is 3.51. The van der Waals surface area contributed by atoms with Crippen LogP contribution in [0.5, 0.6) is 0 Å². The van der Waals surface area contributed by atoms with Crippen LogP contribution in [0.25, 0.3) is 10.9 Å². The summed E-state index contributed by atoms with van der Waals surface area (Å²) in [6, 6.07) is 6.77. The van der Waals surface area contributed by atoms with Crippen molar-refractivity contribution in [3.63, 3.8) is 0 Å². The van der Waals surface area contributed by atoms with Crippen LogP contribution in [-0.4, -0.2) is 16.1 Å². The summed E-state index contributed by atoms with van der Waals surface area (Å²) in [5, 5.41) is 9.57. The molecule has 5 heteroatoms. The van der Waals surface area contributed by atoms with E-state index >= 15 is 0 Å². The van der Waals surface area contributed by atoms with Gasteiger partial charge in [-0.1, -0.05) is 12.1 Å². The largest absolute Gasteiger partial charge is 0.477 e. The minimum Gasteiger partial charge on any atom is -0.477 e. The predicted octanol–water partition coefficient (Wildman–Crippen LogP) is 2.28. The molecule has 0 amide bonds.